The lowest BCUT2D eigenvalue weighted by Crippen LogP contribution is -2.11. The van der Waals surface area contributed by atoms with Crippen molar-refractivity contribution in [2.45, 2.75) is 18.8 Å². The molecule has 1 aromatic heterocycles. The van der Waals surface area contributed by atoms with Crippen LogP contribution in [0.25, 0.3) is 0 Å². The van der Waals surface area contributed by atoms with Crippen LogP contribution >= 0.6 is 0 Å². The summed E-state index contributed by atoms with van der Waals surface area (Å²) in [4.78, 5) is 4.17. The monoisotopic (exact) mass is 211 g/mol. The molecule has 1 saturated carbocycles. The number of rotatable bonds is 3. The van der Waals surface area contributed by atoms with Gasteiger partial charge in [-0.25, -0.2) is 13.4 Å². The molecule has 1 fully saturated rings. The largest absolute Gasteiger partial charge is 0.268 e. The Kier molecular flexibility index (Phi) is 2.19. The van der Waals surface area contributed by atoms with Gasteiger partial charge in [0.2, 0.25) is 10.0 Å². The molecule has 1 aromatic rings. The fraction of sp³-hybridized carbons (Fsp3) is 0.444. The van der Waals surface area contributed by atoms with Gasteiger partial charge in [0.05, 0.1) is 11.9 Å². The van der Waals surface area contributed by atoms with Gasteiger partial charge in [-0.2, -0.15) is 0 Å². The van der Waals surface area contributed by atoms with Crippen molar-refractivity contribution >= 4 is 15.8 Å². The maximum absolute atomic E-state index is 10.9. The summed E-state index contributed by atoms with van der Waals surface area (Å²) in [6, 6.07) is 6.32. The van der Waals surface area contributed by atoms with Gasteiger partial charge in [-0.3, -0.25) is 4.72 Å². The fourth-order valence-corrected chi connectivity index (χ4v) is 1.71. The third-order valence-corrected chi connectivity index (χ3v) is 2.55. The van der Waals surface area contributed by atoms with Crippen LogP contribution in [0.4, 0.5) is 5.82 Å². The van der Waals surface area contributed by atoms with Gasteiger partial charge in [0.25, 0.3) is 0 Å². The van der Waals surface area contributed by atoms with Gasteiger partial charge in [0.1, 0.15) is 5.82 Å². The number of nitrogens with zero attached hydrogens (tertiary/aromatic N) is 1. The molecule has 75 valence electrons. The molecule has 5 heteroatoms. The summed E-state index contributed by atoms with van der Waals surface area (Å²) in [7, 11) is -3.23. The van der Waals surface area contributed by atoms with E-state index in [1.807, 2.05) is 0 Å². The highest BCUT2D eigenvalue weighted by Crippen LogP contribution is 2.38. The highest BCUT2D eigenvalue weighted by atomic mass is 32.2. The van der Waals surface area contributed by atoms with Crippen LogP contribution in [0.2, 0.25) is 0 Å². The Morgan fingerprint density at radius 2 is 2.29 bits per heavy atom. The lowest BCUT2D eigenvalue weighted by molar-refractivity contribution is 0.606. The van der Waals surface area contributed by atoms with Crippen molar-refractivity contribution in [3.05, 3.63) is 23.9 Å². The topological polar surface area (TPSA) is 59.1 Å². The second-order valence-corrected chi connectivity index (χ2v) is 5.26. The molecule has 1 aliphatic rings. The Hall–Kier alpha value is -1.10. The Morgan fingerprint density at radius 3 is 2.86 bits per heavy atom. The van der Waals surface area contributed by atoms with Crippen LogP contribution < -0.4 is 4.72 Å². The maximum Gasteiger partial charge on any atom is 0.230 e. The smallest absolute Gasteiger partial charge is 0.230 e. The molecule has 0 spiro atoms. The van der Waals surface area contributed by atoms with Crippen LogP contribution in [0.15, 0.2) is 12.1 Å². The highest BCUT2D eigenvalue weighted by Gasteiger charge is 2.25. The third-order valence-electron chi connectivity index (χ3n) is 1.97. The van der Waals surface area contributed by atoms with E-state index in [2.05, 4.69) is 15.8 Å². The number of nitrogens with one attached hydrogen (secondary N) is 1. The zero-order valence-electron chi connectivity index (χ0n) is 7.82. The van der Waals surface area contributed by atoms with Crippen molar-refractivity contribution in [3.8, 4) is 0 Å². The molecule has 1 radical (unpaired) electrons. The average Bonchev–Trinajstić information content (AvgIpc) is 2.83. The van der Waals surface area contributed by atoms with E-state index in [4.69, 9.17) is 0 Å². The summed E-state index contributed by atoms with van der Waals surface area (Å²) in [5.41, 5.74) is 0.860. The standard InChI is InChI=1S/C9H11N2O2S/c1-14(12,13)11-9-4-2-3-8(10-9)7-5-6-7/h2,4,7H,5-6H2,1H3,(H,10,11). The van der Waals surface area contributed by atoms with Crippen LogP contribution in [0.5, 0.6) is 0 Å². The number of anilines is 1. The first-order valence-corrected chi connectivity index (χ1v) is 6.30. The SMILES string of the molecule is CS(=O)(=O)Nc1cc[c]c(C2CC2)n1. The number of hydrogen-bond donors (Lipinski definition) is 1. The van der Waals surface area contributed by atoms with Gasteiger partial charge in [-0.1, -0.05) is 0 Å². The predicted molar refractivity (Wildman–Crippen MR) is 53.5 cm³/mol. The molecule has 14 heavy (non-hydrogen) atoms. The zero-order chi connectivity index (χ0) is 10.2. The second-order valence-electron chi connectivity index (χ2n) is 3.51. The molecule has 1 N–H and O–H groups in total. The van der Waals surface area contributed by atoms with Crippen molar-refractivity contribution in [2.75, 3.05) is 11.0 Å². The summed E-state index contributed by atoms with van der Waals surface area (Å²) in [5, 5.41) is 0. The molecule has 4 nitrogen and oxygen atoms in total. The van der Waals surface area contributed by atoms with Gasteiger partial charge in [0, 0.05) is 12.0 Å². The summed E-state index contributed by atoms with van der Waals surface area (Å²) in [6.45, 7) is 0. The molecule has 2 rings (SSSR count). The number of hydrogen-bond acceptors (Lipinski definition) is 3. The normalized spacial score (nSPS) is 16.6. The Labute approximate surface area is 83.4 Å². The molecule has 0 aliphatic heterocycles. The maximum atomic E-state index is 10.9. The number of aromatic nitrogens is 1. The highest BCUT2D eigenvalue weighted by molar-refractivity contribution is 7.92. The zero-order valence-corrected chi connectivity index (χ0v) is 8.63. The van der Waals surface area contributed by atoms with E-state index < -0.39 is 10.0 Å². The lowest BCUT2D eigenvalue weighted by atomic mass is 10.2. The molecule has 0 aromatic carbocycles. The minimum absolute atomic E-state index is 0.383. The van der Waals surface area contributed by atoms with Crippen molar-refractivity contribution in [1.29, 1.82) is 0 Å². The quantitative estimate of drug-likeness (QED) is 0.815. The van der Waals surface area contributed by atoms with E-state index >= 15 is 0 Å². The Balaban J connectivity index is 2.21. The molecule has 0 saturated heterocycles. The van der Waals surface area contributed by atoms with Gasteiger partial charge >= 0.3 is 0 Å². The van der Waals surface area contributed by atoms with Crippen LogP contribution in [0.1, 0.15) is 24.5 Å². The molecule has 1 aliphatic carbocycles. The minimum Gasteiger partial charge on any atom is -0.268 e. The Morgan fingerprint density at radius 1 is 1.57 bits per heavy atom. The van der Waals surface area contributed by atoms with Crippen molar-refractivity contribution in [3.63, 3.8) is 0 Å². The first-order chi connectivity index (χ1) is 6.54. The molecule has 0 unspecified atom stereocenters. The molecule has 1 heterocycles. The first kappa shape index (κ1) is 9.45. The van der Waals surface area contributed by atoms with Crippen molar-refractivity contribution < 1.29 is 8.42 Å². The van der Waals surface area contributed by atoms with Gasteiger partial charge < -0.3 is 0 Å². The summed E-state index contributed by atoms with van der Waals surface area (Å²) in [5.74, 6) is 0.865. The number of sulfonamides is 1. The molecule has 0 amide bonds. The van der Waals surface area contributed by atoms with Crippen molar-refractivity contribution in [2.24, 2.45) is 0 Å². The van der Waals surface area contributed by atoms with Gasteiger partial charge in [-0.15, -0.1) is 0 Å². The molecule has 0 atom stereocenters. The van der Waals surface area contributed by atoms with E-state index in [0.29, 0.717) is 11.7 Å². The Bertz CT molecular complexity index is 438. The molecule has 0 bridgehead atoms. The van der Waals surface area contributed by atoms with Gasteiger partial charge in [0.15, 0.2) is 0 Å². The molecular formula is C9H11N2O2S. The lowest BCUT2D eigenvalue weighted by Gasteiger charge is -2.03. The van der Waals surface area contributed by atoms with E-state index in [9.17, 15) is 8.42 Å². The molecular weight excluding hydrogens is 200 g/mol. The second kappa shape index (κ2) is 3.24. The van der Waals surface area contributed by atoms with Crippen LogP contribution in [-0.2, 0) is 10.0 Å². The van der Waals surface area contributed by atoms with E-state index in [1.54, 1.807) is 12.1 Å². The first-order valence-electron chi connectivity index (χ1n) is 4.41. The number of pyridine rings is 1. The minimum atomic E-state index is -3.23. The van der Waals surface area contributed by atoms with Crippen LogP contribution in [0.3, 0.4) is 0 Å². The van der Waals surface area contributed by atoms with Crippen molar-refractivity contribution in [1.82, 2.24) is 4.98 Å². The predicted octanol–water partition coefficient (Wildman–Crippen LogP) is 1.13. The van der Waals surface area contributed by atoms with E-state index in [1.165, 1.54) is 0 Å². The fourth-order valence-electron chi connectivity index (χ4n) is 1.22. The third kappa shape index (κ3) is 2.45. The summed E-state index contributed by atoms with van der Waals surface area (Å²) < 4.78 is 24.2. The summed E-state index contributed by atoms with van der Waals surface area (Å²) in [6.07, 6.45) is 3.37. The van der Waals surface area contributed by atoms with Crippen LogP contribution in [-0.4, -0.2) is 19.7 Å². The van der Waals surface area contributed by atoms with Crippen LogP contribution in [0, 0.1) is 6.07 Å². The van der Waals surface area contributed by atoms with Gasteiger partial charge in [-0.05, 0) is 25.0 Å². The summed E-state index contributed by atoms with van der Waals surface area (Å²) >= 11 is 0. The average molecular weight is 211 g/mol. The van der Waals surface area contributed by atoms with E-state index in [-0.39, 0.29) is 0 Å². The van der Waals surface area contributed by atoms with E-state index in [0.717, 1.165) is 24.8 Å².